The van der Waals surface area contributed by atoms with Crippen LogP contribution in [0, 0.1) is 0 Å². The van der Waals surface area contributed by atoms with Crippen LogP contribution < -0.4 is 0 Å². The van der Waals surface area contributed by atoms with Gasteiger partial charge in [0.2, 0.25) is 0 Å². The highest BCUT2D eigenvalue weighted by atomic mass is 16.7. The zero-order valence-corrected chi connectivity index (χ0v) is 45.3. The van der Waals surface area contributed by atoms with Crippen molar-refractivity contribution in [3.8, 4) is 0 Å². The molecule has 414 valence electrons. The number of unbranched alkanes of at least 4 members (excludes halogenated alkanes) is 16. The number of rotatable bonds is 46. The van der Waals surface area contributed by atoms with Crippen molar-refractivity contribution in [2.45, 2.75) is 250 Å². The Morgan fingerprint density at radius 2 is 0.890 bits per heavy atom. The van der Waals surface area contributed by atoms with E-state index in [4.69, 9.17) is 23.7 Å². The molecule has 1 saturated heterocycles. The highest BCUT2D eigenvalue weighted by molar-refractivity contribution is 5.74. The highest BCUT2D eigenvalue weighted by Gasteiger charge is 2.50. The number of ether oxygens (including phenoxy) is 5. The Morgan fingerprint density at radius 1 is 0.466 bits per heavy atom. The molecule has 0 bridgehead atoms. The maximum atomic E-state index is 13.1. The van der Waals surface area contributed by atoms with E-state index in [2.05, 4.69) is 106 Å². The van der Waals surface area contributed by atoms with E-state index in [9.17, 15) is 34.5 Å². The number of carboxylic acid groups (broad SMARTS) is 1. The number of aliphatic hydroxyl groups is 2. The second kappa shape index (κ2) is 48.6. The van der Waals surface area contributed by atoms with Crippen molar-refractivity contribution in [1.29, 1.82) is 0 Å². The molecule has 1 aliphatic heterocycles. The Labute approximate surface area is 441 Å². The van der Waals surface area contributed by atoms with Crippen molar-refractivity contribution in [3.63, 3.8) is 0 Å². The van der Waals surface area contributed by atoms with Gasteiger partial charge in [-0.1, -0.05) is 208 Å². The molecule has 73 heavy (non-hydrogen) atoms. The van der Waals surface area contributed by atoms with Crippen LogP contribution in [0.2, 0.25) is 0 Å². The van der Waals surface area contributed by atoms with Crippen LogP contribution in [0.25, 0.3) is 0 Å². The van der Waals surface area contributed by atoms with Crippen LogP contribution in [0.3, 0.4) is 0 Å². The molecule has 0 saturated carbocycles. The van der Waals surface area contributed by atoms with Crippen LogP contribution in [0.5, 0.6) is 0 Å². The number of carbonyl (C=O) groups is 4. The van der Waals surface area contributed by atoms with Gasteiger partial charge in [-0.05, 0) is 83.5 Å². The molecule has 0 radical (unpaired) electrons. The molecular weight excluding hydrogens is 925 g/mol. The number of hydrogen-bond acceptors (Lipinski definition) is 11. The normalized spacial score (nSPS) is 19.1. The van der Waals surface area contributed by atoms with Gasteiger partial charge in [-0.2, -0.15) is 0 Å². The number of aliphatic carboxylic acids is 1. The van der Waals surface area contributed by atoms with Crippen LogP contribution >= 0.6 is 0 Å². The number of aliphatic hydroxyl groups excluding tert-OH is 2. The monoisotopic (exact) mass is 1020 g/mol. The Balaban J connectivity index is 2.73. The van der Waals surface area contributed by atoms with Gasteiger partial charge in [-0.3, -0.25) is 14.4 Å². The predicted octanol–water partition coefficient (Wildman–Crippen LogP) is 14.1. The van der Waals surface area contributed by atoms with Gasteiger partial charge in [-0.25, -0.2) is 4.79 Å². The standard InChI is InChI=1S/C61H98O12/c1-4-7-10-13-16-19-22-24-25-26-27-28-29-31-33-35-38-41-44-47-53(62)69-50-52(71-54(63)48-45-42-39-37-34-30-23-20-17-14-11-8-5-2)51-70-61-59(57(66)56(65)58(73-61)60(67)68)72-55(64)49-46-43-40-36-32-21-18-15-12-9-6-3/h7-8,10-11,16-17,19-20,24-25,27-28,30,34,39,42,52,56-59,61,65-66H,4-6,9,12-15,18,21-23,26,29,31-33,35-38,40-41,43-51H2,1-3H3,(H,67,68)/b10-7-,11-8-,19-16-,20-17-,25-24-,28-27-,34-30-,42-39-. The van der Waals surface area contributed by atoms with Crippen molar-refractivity contribution >= 4 is 23.9 Å². The average Bonchev–Trinajstić information content (AvgIpc) is 3.37. The smallest absolute Gasteiger partial charge is 0.335 e. The minimum atomic E-state index is -1.92. The molecule has 1 aliphatic rings. The Bertz CT molecular complexity index is 1640. The number of esters is 3. The minimum Gasteiger partial charge on any atom is -0.479 e. The van der Waals surface area contributed by atoms with Crippen molar-refractivity contribution in [2.24, 2.45) is 0 Å². The van der Waals surface area contributed by atoms with Gasteiger partial charge >= 0.3 is 23.9 Å². The second-order valence-corrected chi connectivity index (χ2v) is 18.8. The lowest BCUT2D eigenvalue weighted by atomic mass is 9.98. The second-order valence-electron chi connectivity index (χ2n) is 18.8. The number of allylic oxidation sites excluding steroid dienone is 16. The number of hydrogen-bond donors (Lipinski definition) is 3. The summed E-state index contributed by atoms with van der Waals surface area (Å²) < 4.78 is 28.2. The molecule has 12 nitrogen and oxygen atoms in total. The predicted molar refractivity (Wildman–Crippen MR) is 294 cm³/mol. The van der Waals surface area contributed by atoms with Crippen molar-refractivity contribution in [2.75, 3.05) is 13.2 Å². The first-order valence-electron chi connectivity index (χ1n) is 28.2. The molecular formula is C61H98O12. The number of carboxylic acids is 1. The summed E-state index contributed by atoms with van der Waals surface area (Å²) in [6, 6.07) is 0. The van der Waals surface area contributed by atoms with Crippen LogP contribution in [-0.2, 0) is 42.9 Å². The third-order valence-electron chi connectivity index (χ3n) is 12.2. The first kappa shape index (κ1) is 66.7. The molecule has 0 aliphatic carbocycles. The van der Waals surface area contributed by atoms with Crippen LogP contribution in [-0.4, -0.2) is 89.2 Å². The number of carbonyl (C=O) groups excluding carboxylic acids is 3. The average molecular weight is 1020 g/mol. The van der Waals surface area contributed by atoms with Gasteiger partial charge in [0.05, 0.1) is 6.61 Å². The maximum Gasteiger partial charge on any atom is 0.335 e. The van der Waals surface area contributed by atoms with E-state index in [0.717, 1.165) is 109 Å². The molecule has 0 amide bonds. The summed E-state index contributed by atoms with van der Waals surface area (Å²) in [4.78, 5) is 50.9. The molecule has 0 aromatic carbocycles. The van der Waals surface area contributed by atoms with Crippen molar-refractivity contribution in [1.82, 2.24) is 0 Å². The Hall–Kier alpha value is -4.36. The van der Waals surface area contributed by atoms with Gasteiger partial charge in [0, 0.05) is 19.3 Å². The Kier molecular flexibility index (Phi) is 44.4. The fourth-order valence-corrected chi connectivity index (χ4v) is 7.90. The van der Waals surface area contributed by atoms with E-state index >= 15 is 0 Å². The summed E-state index contributed by atoms with van der Waals surface area (Å²) in [6.07, 6.45) is 51.2. The van der Waals surface area contributed by atoms with Crippen molar-refractivity contribution in [3.05, 3.63) is 97.2 Å². The SMILES string of the molecule is CC/C=C\C/C=C\C/C=C\C/C=C\CCCCCCCCC(=O)OCC(COC1OC(C(=O)O)C(O)C(O)C1OC(=O)CCCCCCCCCCCCC)OC(=O)CC/C=C\C/C=C\C/C=C\C/C=C\CC. The summed E-state index contributed by atoms with van der Waals surface area (Å²) >= 11 is 0. The van der Waals surface area contributed by atoms with E-state index in [-0.39, 0.29) is 25.9 Å². The Morgan fingerprint density at radius 3 is 1.37 bits per heavy atom. The lowest BCUT2D eigenvalue weighted by Crippen LogP contribution is -2.61. The van der Waals surface area contributed by atoms with Crippen LogP contribution in [0.15, 0.2) is 97.2 Å². The molecule has 0 aromatic rings. The van der Waals surface area contributed by atoms with Gasteiger partial charge in [-0.15, -0.1) is 0 Å². The molecule has 6 unspecified atom stereocenters. The van der Waals surface area contributed by atoms with Gasteiger partial charge < -0.3 is 39.0 Å². The summed E-state index contributed by atoms with van der Waals surface area (Å²) in [7, 11) is 0. The highest BCUT2D eigenvalue weighted by Crippen LogP contribution is 2.26. The zero-order chi connectivity index (χ0) is 53.3. The van der Waals surface area contributed by atoms with Gasteiger partial charge in [0.1, 0.15) is 18.8 Å². The third kappa shape index (κ3) is 38.8. The van der Waals surface area contributed by atoms with E-state index in [0.29, 0.717) is 25.7 Å². The summed E-state index contributed by atoms with van der Waals surface area (Å²) in [6.45, 7) is 5.66. The van der Waals surface area contributed by atoms with Crippen molar-refractivity contribution < 1.29 is 58.2 Å². The minimum absolute atomic E-state index is 0.0350. The lowest BCUT2D eigenvalue weighted by Gasteiger charge is -2.40. The molecule has 1 rings (SSSR count). The molecule has 6 atom stereocenters. The lowest BCUT2D eigenvalue weighted by molar-refractivity contribution is -0.301. The molecule has 12 heteroatoms. The van der Waals surface area contributed by atoms with E-state index in [1.54, 1.807) is 0 Å². The van der Waals surface area contributed by atoms with Gasteiger partial charge in [0.15, 0.2) is 24.6 Å². The van der Waals surface area contributed by atoms with Gasteiger partial charge in [0.25, 0.3) is 0 Å². The molecule has 0 aromatic heterocycles. The summed E-state index contributed by atoms with van der Waals surface area (Å²) in [5, 5.41) is 31.4. The third-order valence-corrected chi connectivity index (χ3v) is 12.2. The van der Waals surface area contributed by atoms with Crippen LogP contribution in [0.1, 0.15) is 213 Å². The fourth-order valence-electron chi connectivity index (χ4n) is 7.90. The maximum absolute atomic E-state index is 13.1. The fraction of sp³-hybridized carbons (Fsp3) is 0.672. The molecule has 0 spiro atoms. The zero-order valence-electron chi connectivity index (χ0n) is 45.3. The first-order chi connectivity index (χ1) is 35.6. The summed E-state index contributed by atoms with van der Waals surface area (Å²) in [5.41, 5.74) is 0. The van der Waals surface area contributed by atoms with E-state index in [1.807, 2.05) is 12.2 Å². The molecule has 3 N–H and O–H groups in total. The van der Waals surface area contributed by atoms with E-state index in [1.165, 1.54) is 38.5 Å². The van der Waals surface area contributed by atoms with E-state index < -0.39 is 67.3 Å². The topological polar surface area (TPSA) is 175 Å². The molecule has 1 heterocycles. The molecule has 1 fully saturated rings. The van der Waals surface area contributed by atoms with Crippen LogP contribution in [0.4, 0.5) is 0 Å². The summed E-state index contributed by atoms with van der Waals surface area (Å²) in [5.74, 6) is -3.26. The largest absolute Gasteiger partial charge is 0.479 e. The quantitative estimate of drug-likeness (QED) is 0.0228. The first-order valence-corrected chi connectivity index (χ1v) is 28.2.